The molecule has 0 spiro atoms. The number of benzene rings is 2. The van der Waals surface area contributed by atoms with Gasteiger partial charge in [-0.15, -0.1) is 0 Å². The van der Waals surface area contributed by atoms with Gasteiger partial charge in [0.1, 0.15) is 5.52 Å². The summed E-state index contributed by atoms with van der Waals surface area (Å²) in [5, 5.41) is 21.6. The molecule has 6 heteroatoms. The third-order valence-corrected chi connectivity index (χ3v) is 3.20. The number of para-hydroxylation sites is 2. The Balaban J connectivity index is 2.54. The van der Waals surface area contributed by atoms with E-state index in [-0.39, 0.29) is 21.5 Å². The van der Waals surface area contributed by atoms with Crippen LogP contribution in [0.2, 0.25) is 0 Å². The normalized spacial score (nSPS) is 10.7. The van der Waals surface area contributed by atoms with Gasteiger partial charge in [0.05, 0.1) is 9.99 Å². The van der Waals surface area contributed by atoms with E-state index >= 15 is 0 Å². The second kappa shape index (κ2) is 4.75. The number of carboxylic acids is 1. The number of aromatic carboxylic acids is 1. The average molecular weight is 282 g/mol. The molecule has 0 radical (unpaired) electrons. The fourth-order valence-corrected chi connectivity index (χ4v) is 2.28. The Morgan fingerprint density at radius 1 is 1.05 bits per heavy atom. The van der Waals surface area contributed by atoms with Gasteiger partial charge in [-0.05, 0) is 18.2 Å². The Labute approximate surface area is 118 Å². The molecule has 0 aliphatic rings. The third-order valence-electron chi connectivity index (χ3n) is 3.20. The van der Waals surface area contributed by atoms with Crippen LogP contribution in [0.1, 0.15) is 10.5 Å². The maximum absolute atomic E-state index is 12.5. The fraction of sp³-hybridized carbons (Fsp3) is 0. The van der Waals surface area contributed by atoms with E-state index in [1.54, 1.807) is 42.5 Å². The molecule has 104 valence electrons. The number of aromatic nitrogens is 2. The topological polar surface area (TPSA) is 88.3 Å². The second-order valence-electron chi connectivity index (χ2n) is 4.45. The van der Waals surface area contributed by atoms with Gasteiger partial charge >= 0.3 is 11.7 Å². The molecule has 1 N–H and O–H groups in total. The van der Waals surface area contributed by atoms with Crippen molar-refractivity contribution in [2.24, 2.45) is 0 Å². The monoisotopic (exact) mass is 282 g/mol. The summed E-state index contributed by atoms with van der Waals surface area (Å²) >= 11 is 0. The number of nitrogens with zero attached hydrogens (tertiary/aromatic N) is 2. The summed E-state index contributed by atoms with van der Waals surface area (Å²) in [6, 6.07) is 14.3. The first-order valence-electron chi connectivity index (χ1n) is 6.18. The van der Waals surface area contributed by atoms with Crippen LogP contribution < -0.4 is 4.43 Å². The van der Waals surface area contributed by atoms with Crippen molar-refractivity contribution in [1.29, 1.82) is 0 Å². The lowest BCUT2D eigenvalue weighted by Gasteiger charge is -2.16. The molecule has 0 fully saturated rings. The molecule has 0 unspecified atom stereocenters. The Morgan fingerprint density at radius 2 is 1.67 bits per heavy atom. The molecule has 0 saturated carbocycles. The van der Waals surface area contributed by atoms with Crippen LogP contribution in [0.5, 0.6) is 0 Å². The van der Waals surface area contributed by atoms with Crippen LogP contribution in [0.3, 0.4) is 0 Å². The summed E-state index contributed by atoms with van der Waals surface area (Å²) in [4.78, 5) is 23.9. The molecule has 0 aliphatic carbocycles. The molecule has 6 nitrogen and oxygen atoms in total. The summed E-state index contributed by atoms with van der Waals surface area (Å²) in [5.74, 6) is -1.45. The zero-order valence-electron chi connectivity index (χ0n) is 10.8. The highest BCUT2D eigenvalue weighted by molar-refractivity contribution is 5.94. The summed E-state index contributed by atoms with van der Waals surface area (Å²) in [6.45, 7) is 0. The largest absolute Gasteiger partial charge is 0.805 e. The summed E-state index contributed by atoms with van der Waals surface area (Å²) in [6.07, 6.45) is 0. The van der Waals surface area contributed by atoms with Crippen LogP contribution in [-0.2, 0) is 0 Å². The second-order valence-corrected chi connectivity index (χ2v) is 4.45. The molecular formula is C15H10N2O4. The van der Waals surface area contributed by atoms with E-state index in [0.717, 1.165) is 0 Å². The molecule has 0 bridgehead atoms. The molecular weight excluding hydrogens is 272 g/mol. The molecule has 21 heavy (non-hydrogen) atoms. The van der Waals surface area contributed by atoms with E-state index in [1.165, 1.54) is 12.1 Å². The van der Waals surface area contributed by atoms with Crippen molar-refractivity contribution in [1.82, 2.24) is 4.73 Å². The molecule has 3 rings (SSSR count). The van der Waals surface area contributed by atoms with Gasteiger partial charge in [0, 0.05) is 11.0 Å². The number of rotatable bonds is 2. The fourth-order valence-electron chi connectivity index (χ4n) is 2.28. The Morgan fingerprint density at radius 3 is 2.33 bits per heavy atom. The number of hydrogen-bond donors (Lipinski definition) is 1. The summed E-state index contributed by atoms with van der Waals surface area (Å²) in [7, 11) is 0. The third kappa shape index (κ3) is 1.93. The van der Waals surface area contributed by atoms with Crippen molar-refractivity contribution in [3.8, 4) is 11.3 Å². The van der Waals surface area contributed by atoms with Crippen molar-refractivity contribution >= 4 is 17.0 Å². The first-order valence-corrected chi connectivity index (χ1v) is 6.18. The van der Waals surface area contributed by atoms with Gasteiger partial charge in [-0.2, -0.15) is 0 Å². The molecule has 0 aliphatic heterocycles. The molecule has 0 atom stereocenters. The zero-order valence-corrected chi connectivity index (χ0v) is 10.8. The molecule has 1 aromatic heterocycles. The first kappa shape index (κ1) is 12.9. The van der Waals surface area contributed by atoms with Crippen molar-refractivity contribution in [3.05, 3.63) is 70.4 Å². The van der Waals surface area contributed by atoms with Crippen molar-refractivity contribution in [2.45, 2.75) is 0 Å². The van der Waals surface area contributed by atoms with Gasteiger partial charge in [0.2, 0.25) is 5.69 Å². The minimum Gasteiger partial charge on any atom is -0.805 e. The van der Waals surface area contributed by atoms with E-state index in [1.807, 2.05) is 0 Å². The van der Waals surface area contributed by atoms with Crippen molar-refractivity contribution in [3.63, 3.8) is 0 Å². The predicted octanol–water partition coefficient (Wildman–Crippen LogP) is 2.27. The zero-order chi connectivity index (χ0) is 15.0. The van der Waals surface area contributed by atoms with Crippen molar-refractivity contribution < 1.29 is 14.3 Å². The van der Waals surface area contributed by atoms with Crippen LogP contribution in [0.4, 0.5) is 0 Å². The highest BCUT2D eigenvalue weighted by Gasteiger charge is 2.28. The maximum atomic E-state index is 12.5. The quantitative estimate of drug-likeness (QED) is 0.730. The van der Waals surface area contributed by atoms with Crippen molar-refractivity contribution in [2.75, 3.05) is 0 Å². The number of carboxylic acid groups (broad SMARTS) is 1. The van der Waals surface area contributed by atoms with E-state index in [4.69, 9.17) is 0 Å². The first-order chi connectivity index (χ1) is 10.1. The lowest BCUT2D eigenvalue weighted by atomic mass is 10.1. The van der Waals surface area contributed by atoms with Gasteiger partial charge < -0.3 is 15.0 Å². The molecule has 0 saturated heterocycles. The number of hydrogen-bond acceptors (Lipinski definition) is 3. The van der Waals surface area contributed by atoms with E-state index in [9.17, 15) is 20.0 Å². The molecule has 2 aromatic carbocycles. The minimum absolute atomic E-state index is 0.0181. The minimum atomic E-state index is -1.45. The molecule has 3 aromatic rings. The van der Waals surface area contributed by atoms with Gasteiger partial charge in [-0.3, -0.25) is 0 Å². The highest BCUT2D eigenvalue weighted by Crippen LogP contribution is 2.23. The van der Waals surface area contributed by atoms with Crippen LogP contribution in [0.25, 0.3) is 22.3 Å². The van der Waals surface area contributed by atoms with E-state index < -0.39 is 11.7 Å². The SMILES string of the molecule is O=C(O)c1c(-c2ccccc2)[n+](=O)c2ccccc2n1[O-]. The van der Waals surface area contributed by atoms with Gasteiger partial charge in [-0.25, -0.2) is 4.79 Å². The maximum Gasteiger partial charge on any atom is 0.359 e. The standard InChI is InChI=1S/C15H10N2O4/c18-15(19)14-13(10-6-2-1-3-7-10)16(20)11-8-4-5-9-12(11)17(14)21/h1-9H,(H,18,19). The Bertz CT molecular complexity index is 901. The Kier molecular flexibility index (Phi) is 2.91. The summed E-state index contributed by atoms with van der Waals surface area (Å²) < 4.78 is 0.775. The van der Waals surface area contributed by atoms with Crippen LogP contribution in [0, 0.1) is 10.1 Å². The average Bonchev–Trinajstić information content (AvgIpc) is 2.51. The van der Waals surface area contributed by atoms with Crippen LogP contribution >= 0.6 is 0 Å². The molecule has 0 amide bonds. The Hall–Kier alpha value is -3.15. The molecule has 1 heterocycles. The summed E-state index contributed by atoms with van der Waals surface area (Å²) in [5.41, 5.74) is -0.243. The number of carbonyl (C=O) groups is 1. The lowest BCUT2D eigenvalue weighted by molar-refractivity contribution is -0.452. The predicted molar refractivity (Wildman–Crippen MR) is 76.5 cm³/mol. The van der Waals surface area contributed by atoms with Gasteiger partial charge in [-0.1, -0.05) is 30.3 Å². The van der Waals surface area contributed by atoms with E-state index in [0.29, 0.717) is 9.99 Å². The number of fused-ring (bicyclic) bond motifs is 1. The van der Waals surface area contributed by atoms with Crippen LogP contribution in [0.15, 0.2) is 54.6 Å². The van der Waals surface area contributed by atoms with Gasteiger partial charge in [0.15, 0.2) is 0 Å². The van der Waals surface area contributed by atoms with Gasteiger partial charge in [0.25, 0.3) is 5.52 Å². The lowest BCUT2D eigenvalue weighted by Crippen LogP contribution is -2.27. The van der Waals surface area contributed by atoms with E-state index in [2.05, 4.69) is 0 Å². The van der Waals surface area contributed by atoms with Crippen LogP contribution in [-0.4, -0.2) is 15.8 Å². The smallest absolute Gasteiger partial charge is 0.359 e. The highest BCUT2D eigenvalue weighted by atomic mass is 16.5.